The Balaban J connectivity index is 2.68. The summed E-state index contributed by atoms with van der Waals surface area (Å²) in [6.07, 6.45) is -0.160. The van der Waals surface area contributed by atoms with Gasteiger partial charge in [0.15, 0.2) is 10.9 Å². The minimum absolute atomic E-state index is 0.0271. The molecule has 0 bridgehead atoms. The predicted octanol–water partition coefficient (Wildman–Crippen LogP) is 4.96. The second-order valence-electron chi connectivity index (χ2n) is 6.47. The SMILES string of the molecule is CC(C)Oc1cc(-n2c(Cl)c(C(C)(C)C)oc2=O)c(F)cc1Cl. The van der Waals surface area contributed by atoms with Crippen LogP contribution in [0.15, 0.2) is 21.3 Å². The third kappa shape index (κ3) is 3.56. The highest BCUT2D eigenvalue weighted by atomic mass is 35.5. The average Bonchev–Trinajstić information content (AvgIpc) is 2.68. The van der Waals surface area contributed by atoms with Gasteiger partial charge in [-0.3, -0.25) is 0 Å². The fourth-order valence-corrected chi connectivity index (χ4v) is 2.73. The van der Waals surface area contributed by atoms with Gasteiger partial charge in [0.25, 0.3) is 0 Å². The molecule has 0 radical (unpaired) electrons. The lowest BCUT2D eigenvalue weighted by Gasteiger charge is -2.15. The third-order valence-electron chi connectivity index (χ3n) is 3.04. The molecular formula is C16H18Cl2FNO3. The number of nitrogens with zero attached hydrogens (tertiary/aromatic N) is 1. The molecule has 1 aromatic carbocycles. The van der Waals surface area contributed by atoms with Gasteiger partial charge in [0.05, 0.1) is 16.8 Å². The summed E-state index contributed by atoms with van der Waals surface area (Å²) in [4.78, 5) is 12.2. The largest absolute Gasteiger partial charge is 0.489 e. The zero-order chi connectivity index (χ0) is 17.5. The number of halogens is 3. The van der Waals surface area contributed by atoms with E-state index in [0.29, 0.717) is 0 Å². The van der Waals surface area contributed by atoms with Gasteiger partial charge in [-0.05, 0) is 19.9 Å². The standard InChI is InChI=1S/C16H18Cl2FNO3/c1-8(2)22-12-7-11(10(19)6-9(12)17)20-14(18)13(16(3,4)5)23-15(20)21/h6-8H,1-5H3. The number of ether oxygens (including phenoxy) is 1. The molecular weight excluding hydrogens is 344 g/mol. The predicted molar refractivity (Wildman–Crippen MR) is 88.7 cm³/mol. The first-order valence-electron chi connectivity index (χ1n) is 7.10. The van der Waals surface area contributed by atoms with Crippen LogP contribution in [0, 0.1) is 5.82 Å². The van der Waals surface area contributed by atoms with Crippen molar-refractivity contribution in [3.8, 4) is 11.4 Å². The highest BCUT2D eigenvalue weighted by molar-refractivity contribution is 6.32. The third-order valence-corrected chi connectivity index (χ3v) is 3.68. The second kappa shape index (κ2) is 6.21. The molecule has 1 aromatic heterocycles. The molecule has 0 fully saturated rings. The van der Waals surface area contributed by atoms with Gasteiger partial charge in [0, 0.05) is 11.5 Å². The molecule has 0 aliphatic rings. The molecule has 0 aliphatic carbocycles. The minimum Gasteiger partial charge on any atom is -0.489 e. The molecule has 1 heterocycles. The van der Waals surface area contributed by atoms with Crippen LogP contribution in [0.5, 0.6) is 5.75 Å². The molecule has 23 heavy (non-hydrogen) atoms. The van der Waals surface area contributed by atoms with Gasteiger partial charge in [-0.25, -0.2) is 13.8 Å². The molecule has 0 atom stereocenters. The summed E-state index contributed by atoms with van der Waals surface area (Å²) in [5.74, 6) is -0.919. The van der Waals surface area contributed by atoms with Crippen LogP contribution in [0.1, 0.15) is 40.4 Å². The number of hydrogen-bond acceptors (Lipinski definition) is 3. The van der Waals surface area contributed by atoms with Crippen LogP contribution >= 0.6 is 23.2 Å². The Morgan fingerprint density at radius 1 is 1.26 bits per heavy atom. The molecule has 0 spiro atoms. The van der Waals surface area contributed by atoms with Crippen molar-refractivity contribution in [2.24, 2.45) is 0 Å². The van der Waals surface area contributed by atoms with E-state index in [1.54, 1.807) is 0 Å². The maximum absolute atomic E-state index is 14.3. The topological polar surface area (TPSA) is 44.4 Å². The highest BCUT2D eigenvalue weighted by Crippen LogP contribution is 2.34. The second-order valence-corrected chi connectivity index (χ2v) is 7.24. The van der Waals surface area contributed by atoms with E-state index < -0.39 is 17.0 Å². The normalized spacial score (nSPS) is 12.0. The summed E-state index contributed by atoms with van der Waals surface area (Å²) in [5, 5.41) is 0.142. The first kappa shape index (κ1) is 17.9. The Labute approximate surface area is 143 Å². The van der Waals surface area contributed by atoms with Crippen molar-refractivity contribution in [3.63, 3.8) is 0 Å². The van der Waals surface area contributed by atoms with Gasteiger partial charge in [0.2, 0.25) is 0 Å². The zero-order valence-electron chi connectivity index (χ0n) is 13.5. The molecule has 0 aliphatic heterocycles. The lowest BCUT2D eigenvalue weighted by molar-refractivity contribution is 0.242. The Morgan fingerprint density at radius 2 is 1.87 bits per heavy atom. The average molecular weight is 362 g/mol. The fraction of sp³-hybridized carbons (Fsp3) is 0.438. The minimum atomic E-state index is -0.767. The molecule has 0 saturated heterocycles. The van der Waals surface area contributed by atoms with Crippen molar-refractivity contribution in [3.05, 3.63) is 44.4 Å². The quantitative estimate of drug-likeness (QED) is 0.775. The van der Waals surface area contributed by atoms with Crippen LogP contribution in [0.3, 0.4) is 0 Å². The Morgan fingerprint density at radius 3 is 2.35 bits per heavy atom. The van der Waals surface area contributed by atoms with E-state index in [4.69, 9.17) is 32.4 Å². The van der Waals surface area contributed by atoms with Crippen molar-refractivity contribution in [2.45, 2.75) is 46.1 Å². The summed E-state index contributed by atoms with van der Waals surface area (Å²) >= 11 is 12.2. The van der Waals surface area contributed by atoms with Crippen LogP contribution in [0.2, 0.25) is 10.2 Å². The van der Waals surface area contributed by atoms with Gasteiger partial charge in [0.1, 0.15) is 11.6 Å². The lowest BCUT2D eigenvalue weighted by atomic mass is 9.94. The summed E-state index contributed by atoms with van der Waals surface area (Å²) in [6.45, 7) is 9.15. The van der Waals surface area contributed by atoms with E-state index in [0.717, 1.165) is 10.6 Å². The Hall–Kier alpha value is -1.46. The molecule has 7 heteroatoms. The van der Waals surface area contributed by atoms with Crippen LogP contribution in [0.4, 0.5) is 4.39 Å². The summed E-state index contributed by atoms with van der Waals surface area (Å²) in [7, 11) is 0. The molecule has 126 valence electrons. The number of aromatic nitrogens is 1. The van der Waals surface area contributed by atoms with E-state index in [9.17, 15) is 9.18 Å². The van der Waals surface area contributed by atoms with E-state index >= 15 is 0 Å². The van der Waals surface area contributed by atoms with Crippen LogP contribution in [-0.4, -0.2) is 10.7 Å². The van der Waals surface area contributed by atoms with Crippen molar-refractivity contribution in [1.82, 2.24) is 4.57 Å². The number of hydrogen-bond donors (Lipinski definition) is 0. The van der Waals surface area contributed by atoms with Crippen molar-refractivity contribution in [2.75, 3.05) is 0 Å². The molecule has 2 rings (SSSR count). The molecule has 4 nitrogen and oxygen atoms in total. The summed E-state index contributed by atoms with van der Waals surface area (Å²) in [6, 6.07) is 2.42. The van der Waals surface area contributed by atoms with Crippen molar-refractivity contribution in [1.29, 1.82) is 0 Å². The monoisotopic (exact) mass is 361 g/mol. The first-order valence-corrected chi connectivity index (χ1v) is 7.86. The summed E-state index contributed by atoms with van der Waals surface area (Å²) < 4.78 is 26.0. The number of oxazole rings is 1. The maximum Gasteiger partial charge on any atom is 0.425 e. The van der Waals surface area contributed by atoms with Crippen LogP contribution < -0.4 is 10.5 Å². The maximum atomic E-state index is 14.3. The van der Waals surface area contributed by atoms with Crippen molar-refractivity contribution >= 4 is 23.2 Å². The first-order chi connectivity index (χ1) is 10.5. The molecule has 0 unspecified atom stereocenters. The molecule has 2 aromatic rings. The van der Waals surface area contributed by atoms with Gasteiger partial charge < -0.3 is 9.15 Å². The van der Waals surface area contributed by atoms with Crippen LogP contribution in [-0.2, 0) is 5.41 Å². The number of rotatable bonds is 3. The lowest BCUT2D eigenvalue weighted by Crippen LogP contribution is -2.14. The zero-order valence-corrected chi connectivity index (χ0v) is 15.0. The Bertz CT molecular complexity index is 788. The van der Waals surface area contributed by atoms with E-state index in [1.807, 2.05) is 34.6 Å². The van der Waals surface area contributed by atoms with Gasteiger partial charge >= 0.3 is 5.76 Å². The number of benzene rings is 1. The van der Waals surface area contributed by atoms with Crippen LogP contribution in [0.25, 0.3) is 5.69 Å². The van der Waals surface area contributed by atoms with E-state index in [2.05, 4.69) is 0 Å². The van der Waals surface area contributed by atoms with E-state index in [-0.39, 0.29) is 33.5 Å². The van der Waals surface area contributed by atoms with Crippen molar-refractivity contribution < 1.29 is 13.5 Å². The molecule has 0 N–H and O–H groups in total. The smallest absolute Gasteiger partial charge is 0.425 e. The van der Waals surface area contributed by atoms with Gasteiger partial charge in [-0.2, -0.15) is 0 Å². The molecule has 0 amide bonds. The molecule has 0 saturated carbocycles. The van der Waals surface area contributed by atoms with E-state index in [1.165, 1.54) is 6.07 Å². The highest BCUT2D eigenvalue weighted by Gasteiger charge is 2.28. The Kier molecular flexibility index (Phi) is 4.83. The van der Waals surface area contributed by atoms with Gasteiger partial charge in [-0.1, -0.05) is 44.0 Å². The summed E-state index contributed by atoms with van der Waals surface area (Å²) in [5.41, 5.74) is -0.568. The van der Waals surface area contributed by atoms with Gasteiger partial charge in [-0.15, -0.1) is 0 Å². The fourth-order valence-electron chi connectivity index (χ4n) is 2.06.